The smallest absolute Gasteiger partial charge is 0.215 e. The topological polar surface area (TPSA) is 40.0 Å². The number of pyridine rings is 1. The van der Waals surface area contributed by atoms with Gasteiger partial charge in [-0.25, -0.2) is 4.98 Å². The first-order chi connectivity index (χ1) is 13.5. The predicted molar refractivity (Wildman–Crippen MR) is 114 cm³/mol. The first-order valence-electron chi connectivity index (χ1n) is 8.93. The summed E-state index contributed by atoms with van der Waals surface area (Å²) in [6.45, 7) is 6.79. The van der Waals surface area contributed by atoms with Gasteiger partial charge in [-0.05, 0) is 41.8 Å². The summed E-state index contributed by atoms with van der Waals surface area (Å²) in [5, 5.41) is 8.23. The van der Waals surface area contributed by atoms with Gasteiger partial charge in [-0.1, -0.05) is 42.4 Å². The number of hydrogen-bond acceptors (Lipinski definition) is 3. The maximum absolute atomic E-state index is 13.7. The number of benzene rings is 1. The van der Waals surface area contributed by atoms with E-state index in [1.165, 1.54) is 5.56 Å². The summed E-state index contributed by atoms with van der Waals surface area (Å²) < 4.78 is 14.4. The minimum atomic E-state index is -0.448. The van der Waals surface area contributed by atoms with Crippen molar-refractivity contribution in [1.82, 2.24) is 9.88 Å². The van der Waals surface area contributed by atoms with Crippen LogP contribution in [0.2, 0.25) is 4.34 Å². The number of rotatable bonds is 3. The second-order valence-corrected chi connectivity index (χ2v) is 8.64. The molecule has 0 bridgehead atoms. The van der Waals surface area contributed by atoms with Crippen LogP contribution in [0, 0.1) is 18.3 Å². The molecular weight excluding hydrogens is 393 g/mol. The average Bonchev–Trinajstić information content (AvgIpc) is 3.08. The molecule has 2 aromatic heterocycles. The molecule has 4 rings (SSSR count). The number of aryl methyl sites for hydroxylation is 1. The molecule has 1 aliphatic rings. The molecule has 0 fully saturated rings. The molecule has 1 aromatic carbocycles. The quantitative estimate of drug-likeness (QED) is 0.325. The van der Waals surface area contributed by atoms with Crippen LogP contribution >= 0.6 is 22.9 Å². The summed E-state index contributed by atoms with van der Waals surface area (Å²) in [4.78, 5) is 7.08. The third-order valence-electron chi connectivity index (χ3n) is 5.12. The van der Waals surface area contributed by atoms with Crippen LogP contribution in [0.5, 0.6) is 0 Å². The number of nitrogens with zero attached hydrogens (tertiary/aromatic N) is 2. The molecule has 1 N–H and O–H groups in total. The van der Waals surface area contributed by atoms with Crippen molar-refractivity contribution in [2.75, 3.05) is 6.54 Å². The highest BCUT2D eigenvalue weighted by molar-refractivity contribution is 7.16. The molecule has 0 amide bonds. The molecule has 28 heavy (non-hydrogen) atoms. The number of halogens is 2. The molecule has 0 unspecified atom stereocenters. The van der Waals surface area contributed by atoms with E-state index < -0.39 is 5.95 Å². The summed E-state index contributed by atoms with van der Waals surface area (Å²) in [6, 6.07) is 12.0. The summed E-state index contributed by atoms with van der Waals surface area (Å²) in [5.41, 5.74) is 4.73. The van der Waals surface area contributed by atoms with Crippen LogP contribution in [0.25, 0.3) is 11.1 Å². The monoisotopic (exact) mass is 411 g/mol. The van der Waals surface area contributed by atoms with E-state index in [0.29, 0.717) is 24.5 Å². The van der Waals surface area contributed by atoms with E-state index in [9.17, 15) is 4.39 Å². The van der Waals surface area contributed by atoms with Gasteiger partial charge in [-0.3, -0.25) is 5.41 Å². The zero-order valence-electron chi connectivity index (χ0n) is 15.4. The van der Waals surface area contributed by atoms with Gasteiger partial charge in [0.1, 0.15) is 5.84 Å². The Bertz CT molecular complexity index is 1080. The molecule has 0 spiro atoms. The Kier molecular flexibility index (Phi) is 5.04. The molecule has 3 nitrogen and oxygen atoms in total. The highest BCUT2D eigenvalue weighted by Crippen LogP contribution is 2.42. The summed E-state index contributed by atoms with van der Waals surface area (Å²) in [6.07, 6.45) is 3.14. The molecule has 142 valence electrons. The van der Waals surface area contributed by atoms with Gasteiger partial charge in [-0.15, -0.1) is 11.3 Å². The van der Waals surface area contributed by atoms with E-state index in [4.69, 9.17) is 17.0 Å². The zero-order chi connectivity index (χ0) is 19.8. The molecule has 3 aromatic rings. The minimum Gasteiger partial charge on any atom is -0.351 e. The van der Waals surface area contributed by atoms with Crippen LogP contribution < -0.4 is 0 Å². The average molecular weight is 412 g/mol. The summed E-state index contributed by atoms with van der Waals surface area (Å²) >= 11 is 7.89. The first-order valence-corrected chi connectivity index (χ1v) is 10.1. The van der Waals surface area contributed by atoms with Crippen LogP contribution in [0.3, 0.4) is 0 Å². The molecule has 0 radical (unpaired) electrons. The Morgan fingerprint density at radius 3 is 2.89 bits per heavy atom. The fourth-order valence-electron chi connectivity index (χ4n) is 3.73. The maximum atomic E-state index is 13.7. The highest BCUT2D eigenvalue weighted by Gasteiger charge is 2.30. The normalized spacial score (nSPS) is 16.0. The van der Waals surface area contributed by atoms with E-state index in [0.717, 1.165) is 25.9 Å². The molecule has 0 aliphatic carbocycles. The Morgan fingerprint density at radius 2 is 2.14 bits per heavy atom. The van der Waals surface area contributed by atoms with Crippen molar-refractivity contribution in [2.24, 2.45) is 0 Å². The van der Waals surface area contributed by atoms with Crippen molar-refractivity contribution >= 4 is 28.8 Å². The predicted octanol–water partition coefficient (Wildman–Crippen LogP) is 6.02. The number of thiophene rings is 1. The van der Waals surface area contributed by atoms with Crippen molar-refractivity contribution in [2.45, 2.75) is 19.4 Å². The van der Waals surface area contributed by atoms with Gasteiger partial charge >= 0.3 is 0 Å². The third-order valence-corrected chi connectivity index (χ3v) is 6.38. The molecule has 0 saturated carbocycles. The van der Waals surface area contributed by atoms with Crippen LogP contribution in [-0.4, -0.2) is 22.3 Å². The van der Waals surface area contributed by atoms with E-state index in [-0.39, 0.29) is 5.92 Å². The van der Waals surface area contributed by atoms with Gasteiger partial charge in [0.25, 0.3) is 0 Å². The lowest BCUT2D eigenvalue weighted by molar-refractivity contribution is 0.375. The van der Waals surface area contributed by atoms with Crippen LogP contribution in [0.1, 0.15) is 27.5 Å². The van der Waals surface area contributed by atoms with Crippen molar-refractivity contribution in [1.29, 1.82) is 5.41 Å². The van der Waals surface area contributed by atoms with Gasteiger partial charge in [0.15, 0.2) is 0 Å². The molecular formula is C22H19ClFN3S. The number of amidine groups is 1. The maximum Gasteiger partial charge on any atom is 0.215 e. The molecule has 6 heteroatoms. The van der Waals surface area contributed by atoms with E-state index in [1.54, 1.807) is 30.5 Å². The van der Waals surface area contributed by atoms with Gasteiger partial charge in [0, 0.05) is 34.7 Å². The Labute approximate surface area is 172 Å². The van der Waals surface area contributed by atoms with E-state index in [1.807, 2.05) is 35.2 Å². The number of fused-ring (bicyclic) bond motifs is 1. The van der Waals surface area contributed by atoms with Gasteiger partial charge < -0.3 is 4.90 Å². The fourth-order valence-corrected chi connectivity index (χ4v) is 5.09. The number of nitrogens with one attached hydrogen (secondary N) is 1. The third kappa shape index (κ3) is 3.36. The van der Waals surface area contributed by atoms with Crippen molar-refractivity contribution < 1.29 is 4.39 Å². The van der Waals surface area contributed by atoms with Crippen molar-refractivity contribution in [3.8, 4) is 11.1 Å². The van der Waals surface area contributed by atoms with Crippen LogP contribution in [0.15, 0.2) is 55.3 Å². The molecule has 3 heterocycles. The van der Waals surface area contributed by atoms with Gasteiger partial charge in [0.05, 0.1) is 10.9 Å². The zero-order valence-corrected chi connectivity index (χ0v) is 16.9. The van der Waals surface area contributed by atoms with Gasteiger partial charge in [-0.2, -0.15) is 4.39 Å². The summed E-state index contributed by atoms with van der Waals surface area (Å²) in [5.74, 6) is 0.00251. The summed E-state index contributed by atoms with van der Waals surface area (Å²) in [7, 11) is 0. The van der Waals surface area contributed by atoms with Crippen molar-refractivity contribution in [3.05, 3.63) is 87.1 Å². The molecule has 1 atom stereocenters. The molecule has 0 saturated heterocycles. The molecule has 1 aliphatic heterocycles. The number of aromatic nitrogens is 1. The highest BCUT2D eigenvalue weighted by atomic mass is 35.5. The second-order valence-electron chi connectivity index (χ2n) is 6.87. The lowest BCUT2D eigenvalue weighted by Crippen LogP contribution is -2.36. The lowest BCUT2D eigenvalue weighted by Gasteiger charge is -2.34. The van der Waals surface area contributed by atoms with Gasteiger partial charge in [0.2, 0.25) is 5.95 Å². The Morgan fingerprint density at radius 1 is 1.36 bits per heavy atom. The van der Waals surface area contributed by atoms with Crippen LogP contribution in [-0.2, 0) is 6.54 Å². The minimum absolute atomic E-state index is 0.0503. The Hall–Kier alpha value is -2.50. The van der Waals surface area contributed by atoms with Crippen molar-refractivity contribution in [3.63, 3.8) is 0 Å². The largest absolute Gasteiger partial charge is 0.351 e. The standard InChI is InChI=1S/C22H19ClFN3S/c1-3-21(25)27-11-18(17-9-20(23)28-19(17)12-27)16-7-5-4-6-15(16)14-8-13(2)22(24)26-10-14/h3-10,18,25H,1,11-12H2,2H3/t18-/m0/s1. The Balaban J connectivity index is 1.85. The number of hydrogen-bond donors (Lipinski definition) is 1. The van der Waals surface area contributed by atoms with E-state index in [2.05, 4.69) is 17.6 Å². The SMILES string of the molecule is C=CC(=N)N1Cc2sc(Cl)cc2[C@H](c2ccccc2-c2cnc(F)c(C)c2)C1. The fraction of sp³-hybridized carbons (Fsp3) is 0.182. The van der Waals surface area contributed by atoms with E-state index >= 15 is 0 Å². The van der Waals surface area contributed by atoms with Crippen LogP contribution in [0.4, 0.5) is 4.39 Å². The second kappa shape index (κ2) is 7.49. The lowest BCUT2D eigenvalue weighted by atomic mass is 9.84. The first kappa shape index (κ1) is 18.8.